The average molecular weight is 352 g/mol. The molecular weight excluding hydrogens is 330 g/mol. The highest BCUT2D eigenvalue weighted by atomic mass is 35.5. The number of thioether (sulfide) groups is 1. The molecule has 1 aromatic carbocycles. The molecule has 23 heavy (non-hydrogen) atoms. The van der Waals surface area contributed by atoms with E-state index in [4.69, 9.17) is 16.4 Å². The van der Waals surface area contributed by atoms with Crippen LogP contribution in [0.5, 0.6) is 0 Å². The Morgan fingerprint density at radius 3 is 2.57 bits per heavy atom. The molecule has 0 bridgehead atoms. The fraction of sp³-hybridized carbons (Fsp3) is 0.412. The number of rotatable bonds is 6. The molecule has 2 aromatic rings. The second-order valence-corrected chi connectivity index (χ2v) is 7.67. The number of imidazole rings is 1. The van der Waals surface area contributed by atoms with Crippen LogP contribution >= 0.6 is 23.4 Å². The molecule has 1 heterocycles. The maximum absolute atomic E-state index is 5.98. The Hall–Kier alpha value is -1.46. The van der Waals surface area contributed by atoms with Gasteiger partial charge in [0.25, 0.3) is 0 Å². The predicted molar refractivity (Wildman–Crippen MR) is 97.1 cm³/mol. The topological polar surface area (TPSA) is 39.4 Å². The Labute approximate surface area is 146 Å². The summed E-state index contributed by atoms with van der Waals surface area (Å²) in [6, 6.07) is 7.81. The molecule has 6 heteroatoms. The summed E-state index contributed by atoms with van der Waals surface area (Å²) >= 11 is 7.68. The second-order valence-electron chi connectivity index (χ2n) is 6.08. The second kappa shape index (κ2) is 7.88. The number of benzene rings is 1. The minimum atomic E-state index is -0.135. The van der Waals surface area contributed by atoms with Gasteiger partial charge in [0.2, 0.25) is 0 Å². The van der Waals surface area contributed by atoms with Crippen LogP contribution in [0.15, 0.2) is 53.0 Å². The lowest BCUT2D eigenvalue weighted by Crippen LogP contribution is -2.29. The van der Waals surface area contributed by atoms with Gasteiger partial charge in [-0.15, -0.1) is 0 Å². The van der Waals surface area contributed by atoms with Gasteiger partial charge in [0, 0.05) is 27.7 Å². The summed E-state index contributed by atoms with van der Waals surface area (Å²) in [4.78, 5) is 10.7. The molecule has 0 saturated heterocycles. The summed E-state index contributed by atoms with van der Waals surface area (Å²) in [7, 11) is 0. The fourth-order valence-electron chi connectivity index (χ4n) is 1.99. The standard InChI is InChI=1S/C17H22ClN3OS/c1-5-22-20-15(17(2,3)4)16(21-11-10-19-12-21)23-14-8-6-13(18)7-9-14/h6-12,16H,5H2,1-4H3. The van der Waals surface area contributed by atoms with E-state index in [0.29, 0.717) is 6.61 Å². The third-order valence-electron chi connectivity index (χ3n) is 3.15. The molecule has 0 aliphatic heterocycles. The number of aromatic nitrogens is 2. The summed E-state index contributed by atoms with van der Waals surface area (Å²) in [5.41, 5.74) is 0.820. The minimum Gasteiger partial charge on any atom is -0.396 e. The van der Waals surface area contributed by atoms with Crippen molar-refractivity contribution >= 4 is 29.1 Å². The average Bonchev–Trinajstić information content (AvgIpc) is 3.01. The number of hydrogen-bond acceptors (Lipinski definition) is 4. The zero-order valence-electron chi connectivity index (χ0n) is 13.9. The Balaban J connectivity index is 2.38. The lowest BCUT2D eigenvalue weighted by atomic mass is 9.90. The predicted octanol–water partition coefficient (Wildman–Crippen LogP) is 5.27. The third-order valence-corrected chi connectivity index (χ3v) is 4.64. The molecular formula is C17H22ClN3OS. The van der Waals surface area contributed by atoms with Crippen molar-refractivity contribution in [3.8, 4) is 0 Å². The zero-order valence-corrected chi connectivity index (χ0v) is 15.4. The van der Waals surface area contributed by atoms with E-state index in [0.717, 1.165) is 15.6 Å². The summed E-state index contributed by atoms with van der Waals surface area (Å²) in [6.45, 7) is 8.88. The van der Waals surface area contributed by atoms with Crippen molar-refractivity contribution in [1.82, 2.24) is 9.55 Å². The molecule has 0 amide bonds. The van der Waals surface area contributed by atoms with Crippen molar-refractivity contribution in [3.05, 3.63) is 48.0 Å². The van der Waals surface area contributed by atoms with Gasteiger partial charge in [0.15, 0.2) is 0 Å². The quantitative estimate of drug-likeness (QED) is 0.404. The van der Waals surface area contributed by atoms with Crippen LogP contribution in [0.25, 0.3) is 0 Å². The van der Waals surface area contributed by atoms with Crippen LogP contribution in [0.1, 0.15) is 33.1 Å². The SMILES string of the molecule is CCON=C(C(Sc1ccc(Cl)cc1)n1ccnc1)C(C)(C)C. The summed E-state index contributed by atoms with van der Waals surface area (Å²) < 4.78 is 2.04. The number of nitrogens with zero attached hydrogens (tertiary/aromatic N) is 3. The van der Waals surface area contributed by atoms with Gasteiger partial charge < -0.3 is 9.40 Å². The van der Waals surface area contributed by atoms with E-state index in [1.807, 2.05) is 42.0 Å². The van der Waals surface area contributed by atoms with E-state index in [1.165, 1.54) is 0 Å². The molecule has 124 valence electrons. The summed E-state index contributed by atoms with van der Waals surface area (Å²) in [5, 5.41) is 5.10. The molecule has 0 aliphatic rings. The first-order chi connectivity index (χ1) is 10.9. The van der Waals surface area contributed by atoms with Gasteiger partial charge >= 0.3 is 0 Å². The molecule has 0 saturated carbocycles. The van der Waals surface area contributed by atoms with Gasteiger partial charge in [-0.05, 0) is 31.2 Å². The smallest absolute Gasteiger partial charge is 0.127 e. The molecule has 2 rings (SSSR count). The highest BCUT2D eigenvalue weighted by molar-refractivity contribution is 8.00. The lowest BCUT2D eigenvalue weighted by Gasteiger charge is -2.28. The van der Waals surface area contributed by atoms with Crippen LogP contribution in [0.3, 0.4) is 0 Å². The highest BCUT2D eigenvalue weighted by Crippen LogP contribution is 2.38. The molecule has 0 fully saturated rings. The van der Waals surface area contributed by atoms with Crippen LogP contribution in [-0.2, 0) is 4.84 Å². The van der Waals surface area contributed by atoms with Gasteiger partial charge in [-0.2, -0.15) is 0 Å². The normalized spacial score (nSPS) is 13.9. The van der Waals surface area contributed by atoms with Gasteiger partial charge in [0.1, 0.15) is 12.0 Å². The molecule has 4 nitrogen and oxygen atoms in total. The van der Waals surface area contributed by atoms with Crippen LogP contribution < -0.4 is 0 Å². The van der Waals surface area contributed by atoms with Crippen LogP contribution in [0.4, 0.5) is 0 Å². The van der Waals surface area contributed by atoms with Crippen molar-refractivity contribution in [2.45, 2.75) is 38.0 Å². The summed E-state index contributed by atoms with van der Waals surface area (Å²) in [5.74, 6) is 0. The zero-order chi connectivity index (χ0) is 16.9. The highest BCUT2D eigenvalue weighted by Gasteiger charge is 2.30. The monoisotopic (exact) mass is 351 g/mol. The molecule has 0 spiro atoms. The van der Waals surface area contributed by atoms with Crippen molar-refractivity contribution < 1.29 is 4.84 Å². The third kappa shape index (κ3) is 5.01. The Morgan fingerprint density at radius 1 is 1.35 bits per heavy atom. The van der Waals surface area contributed by atoms with Gasteiger partial charge in [-0.25, -0.2) is 4.98 Å². The van der Waals surface area contributed by atoms with E-state index in [9.17, 15) is 0 Å². The first-order valence-corrected chi connectivity index (χ1v) is 8.77. The first kappa shape index (κ1) is 17.9. The number of oxime groups is 1. The maximum atomic E-state index is 5.98. The molecule has 0 aliphatic carbocycles. The largest absolute Gasteiger partial charge is 0.396 e. The first-order valence-electron chi connectivity index (χ1n) is 7.52. The Morgan fingerprint density at radius 2 is 2.04 bits per heavy atom. The van der Waals surface area contributed by atoms with Gasteiger partial charge in [0.05, 0.1) is 12.0 Å². The molecule has 0 N–H and O–H groups in total. The summed E-state index contributed by atoms with van der Waals surface area (Å²) in [6.07, 6.45) is 5.53. The molecule has 0 radical (unpaired) electrons. The minimum absolute atomic E-state index is 0.0368. The lowest BCUT2D eigenvalue weighted by molar-refractivity contribution is 0.154. The number of hydrogen-bond donors (Lipinski definition) is 0. The van der Waals surface area contributed by atoms with E-state index >= 15 is 0 Å². The van der Waals surface area contributed by atoms with Crippen molar-refractivity contribution in [2.24, 2.45) is 10.6 Å². The van der Waals surface area contributed by atoms with E-state index in [2.05, 4.69) is 30.9 Å². The van der Waals surface area contributed by atoms with Crippen molar-refractivity contribution in [1.29, 1.82) is 0 Å². The van der Waals surface area contributed by atoms with Crippen LogP contribution in [0, 0.1) is 5.41 Å². The van der Waals surface area contributed by atoms with Crippen molar-refractivity contribution in [3.63, 3.8) is 0 Å². The Bertz CT molecular complexity index is 633. The van der Waals surface area contributed by atoms with E-state index in [-0.39, 0.29) is 10.8 Å². The molecule has 1 unspecified atom stereocenters. The van der Waals surface area contributed by atoms with Gasteiger partial charge in [-0.3, -0.25) is 0 Å². The Kier molecular flexibility index (Phi) is 6.13. The molecule has 1 aromatic heterocycles. The van der Waals surface area contributed by atoms with Crippen LogP contribution in [0.2, 0.25) is 5.02 Å². The van der Waals surface area contributed by atoms with Crippen molar-refractivity contribution in [2.75, 3.05) is 6.61 Å². The van der Waals surface area contributed by atoms with E-state index < -0.39 is 0 Å². The van der Waals surface area contributed by atoms with E-state index in [1.54, 1.807) is 24.3 Å². The maximum Gasteiger partial charge on any atom is 0.127 e. The fourth-order valence-corrected chi connectivity index (χ4v) is 3.43. The molecule has 1 atom stereocenters. The number of halogens is 1. The van der Waals surface area contributed by atoms with Gasteiger partial charge in [-0.1, -0.05) is 49.3 Å². The van der Waals surface area contributed by atoms with Crippen LogP contribution in [-0.4, -0.2) is 21.9 Å².